The number of rotatable bonds is 3. The largest absolute Gasteiger partial charge is 0.368 e. The highest BCUT2D eigenvalue weighted by molar-refractivity contribution is 5.93. The van der Waals surface area contributed by atoms with Gasteiger partial charge in [-0.1, -0.05) is 17.3 Å². The van der Waals surface area contributed by atoms with E-state index in [-0.39, 0.29) is 30.3 Å². The Hall–Kier alpha value is -3.33. The molecule has 1 saturated heterocycles. The van der Waals surface area contributed by atoms with E-state index >= 15 is 0 Å². The number of hydrogen-bond donors (Lipinski definition) is 0. The van der Waals surface area contributed by atoms with Crippen molar-refractivity contribution in [2.24, 2.45) is 0 Å². The molecule has 1 fully saturated rings. The maximum Gasteiger partial charge on any atom is 0.276 e. The molecule has 3 heterocycles. The van der Waals surface area contributed by atoms with Gasteiger partial charge in [0.25, 0.3) is 5.91 Å². The number of benzene rings is 2. The predicted octanol–water partition coefficient (Wildman–Crippen LogP) is 2.79. The molecular weight excluding hydrogens is 404 g/mol. The smallest absolute Gasteiger partial charge is 0.276 e. The fraction of sp³-hybridized carbons (Fsp3) is 0.318. The summed E-state index contributed by atoms with van der Waals surface area (Å²) in [6, 6.07) is 12.5. The van der Waals surface area contributed by atoms with E-state index in [1.54, 1.807) is 33.8 Å². The number of piperazine rings is 1. The van der Waals surface area contributed by atoms with E-state index in [0.717, 1.165) is 11.3 Å². The molecule has 0 radical (unpaired) electrons. The zero-order valence-electron chi connectivity index (χ0n) is 16.7. The van der Waals surface area contributed by atoms with Crippen molar-refractivity contribution in [3.8, 4) is 0 Å². The number of aromatic nitrogens is 3. The van der Waals surface area contributed by atoms with E-state index in [0.29, 0.717) is 44.1 Å². The van der Waals surface area contributed by atoms with Crippen LogP contribution in [0.2, 0.25) is 0 Å². The van der Waals surface area contributed by atoms with Crippen molar-refractivity contribution >= 4 is 11.6 Å². The molecule has 2 aliphatic heterocycles. The lowest BCUT2D eigenvalue weighted by molar-refractivity contribution is -0.00199. The molecule has 0 unspecified atom stereocenters. The SMILES string of the molecule is O=C(c1nnn2c1CO[C@H](c1ccc(F)cc1)C2)N1CCN(c2ccc(F)cc2)CC1. The second-order valence-electron chi connectivity index (χ2n) is 7.67. The molecule has 0 N–H and O–H groups in total. The topological polar surface area (TPSA) is 63.5 Å². The molecule has 5 rings (SSSR count). The summed E-state index contributed by atoms with van der Waals surface area (Å²) in [4.78, 5) is 16.9. The first-order valence-electron chi connectivity index (χ1n) is 10.2. The summed E-state index contributed by atoms with van der Waals surface area (Å²) >= 11 is 0. The Labute approximate surface area is 177 Å². The van der Waals surface area contributed by atoms with Crippen molar-refractivity contribution in [3.05, 3.63) is 77.1 Å². The quantitative estimate of drug-likeness (QED) is 0.646. The molecule has 160 valence electrons. The summed E-state index contributed by atoms with van der Waals surface area (Å²) in [6.07, 6.45) is -0.267. The molecule has 31 heavy (non-hydrogen) atoms. The molecule has 3 aromatic rings. The number of ether oxygens (including phenoxy) is 1. The van der Waals surface area contributed by atoms with Gasteiger partial charge in [0.15, 0.2) is 5.69 Å². The van der Waals surface area contributed by atoms with Gasteiger partial charge < -0.3 is 14.5 Å². The highest BCUT2D eigenvalue weighted by atomic mass is 19.1. The van der Waals surface area contributed by atoms with Gasteiger partial charge in [-0.2, -0.15) is 0 Å². The Morgan fingerprint density at radius 2 is 1.58 bits per heavy atom. The molecule has 1 amide bonds. The number of halogens is 2. The molecule has 0 aliphatic carbocycles. The Bertz CT molecular complexity index is 1080. The van der Waals surface area contributed by atoms with Crippen LogP contribution in [0.3, 0.4) is 0 Å². The maximum absolute atomic E-state index is 13.2. The van der Waals surface area contributed by atoms with E-state index in [9.17, 15) is 13.6 Å². The molecule has 1 aromatic heterocycles. The third-order valence-electron chi connectivity index (χ3n) is 5.80. The van der Waals surface area contributed by atoms with Crippen LogP contribution in [0.15, 0.2) is 48.5 Å². The van der Waals surface area contributed by atoms with Gasteiger partial charge in [-0.15, -0.1) is 5.10 Å². The average Bonchev–Trinajstić information content (AvgIpc) is 3.23. The summed E-state index contributed by atoms with van der Waals surface area (Å²) < 4.78 is 33.9. The minimum absolute atomic E-state index is 0.163. The maximum atomic E-state index is 13.2. The van der Waals surface area contributed by atoms with Crippen LogP contribution >= 0.6 is 0 Å². The first-order chi connectivity index (χ1) is 15.1. The van der Waals surface area contributed by atoms with Crippen molar-refractivity contribution in [1.29, 1.82) is 0 Å². The monoisotopic (exact) mass is 425 g/mol. The van der Waals surface area contributed by atoms with Crippen molar-refractivity contribution in [3.63, 3.8) is 0 Å². The number of anilines is 1. The van der Waals surface area contributed by atoms with Crippen molar-refractivity contribution in [2.45, 2.75) is 19.3 Å². The van der Waals surface area contributed by atoms with Gasteiger partial charge in [-0.05, 0) is 42.0 Å². The van der Waals surface area contributed by atoms with Crippen LogP contribution in [0, 0.1) is 11.6 Å². The van der Waals surface area contributed by atoms with Gasteiger partial charge in [-0.25, -0.2) is 13.5 Å². The van der Waals surface area contributed by atoms with E-state index < -0.39 is 0 Å². The second-order valence-corrected chi connectivity index (χ2v) is 7.67. The number of carbonyl (C=O) groups excluding carboxylic acids is 1. The molecule has 2 aliphatic rings. The van der Waals surface area contributed by atoms with Crippen molar-refractivity contribution in [2.75, 3.05) is 31.1 Å². The van der Waals surface area contributed by atoms with E-state index in [1.165, 1.54) is 24.3 Å². The number of hydrogen-bond acceptors (Lipinski definition) is 5. The Morgan fingerprint density at radius 1 is 0.935 bits per heavy atom. The lowest BCUT2D eigenvalue weighted by Gasteiger charge is -2.36. The van der Waals surface area contributed by atoms with Crippen LogP contribution in [-0.4, -0.2) is 52.0 Å². The molecule has 1 atom stereocenters. The van der Waals surface area contributed by atoms with E-state index in [1.807, 2.05) is 0 Å². The van der Waals surface area contributed by atoms with Gasteiger partial charge in [0, 0.05) is 31.9 Å². The van der Waals surface area contributed by atoms with Gasteiger partial charge in [0.2, 0.25) is 0 Å². The van der Waals surface area contributed by atoms with Crippen molar-refractivity contribution in [1.82, 2.24) is 19.9 Å². The van der Waals surface area contributed by atoms with Gasteiger partial charge in [0.1, 0.15) is 17.7 Å². The lowest BCUT2D eigenvalue weighted by Crippen LogP contribution is -2.49. The van der Waals surface area contributed by atoms with Crippen LogP contribution in [0.4, 0.5) is 14.5 Å². The highest BCUT2D eigenvalue weighted by Crippen LogP contribution is 2.27. The molecule has 0 saturated carbocycles. The molecule has 0 bridgehead atoms. The lowest BCUT2D eigenvalue weighted by atomic mass is 10.1. The molecule has 9 heteroatoms. The predicted molar refractivity (Wildman–Crippen MR) is 108 cm³/mol. The number of nitrogens with zero attached hydrogens (tertiary/aromatic N) is 5. The fourth-order valence-corrected chi connectivity index (χ4v) is 4.03. The van der Waals surface area contributed by atoms with Crippen molar-refractivity contribution < 1.29 is 18.3 Å². The van der Waals surface area contributed by atoms with Gasteiger partial charge in [0.05, 0.1) is 18.8 Å². The Kier molecular flexibility index (Phi) is 5.11. The van der Waals surface area contributed by atoms with Gasteiger partial charge >= 0.3 is 0 Å². The second kappa shape index (κ2) is 8.07. The third kappa shape index (κ3) is 3.88. The Balaban J connectivity index is 1.24. The summed E-state index contributed by atoms with van der Waals surface area (Å²) in [6.45, 7) is 3.03. The molecule has 7 nitrogen and oxygen atoms in total. The summed E-state index contributed by atoms with van der Waals surface area (Å²) in [5.74, 6) is -0.726. The normalized spacial score (nSPS) is 18.7. The zero-order valence-corrected chi connectivity index (χ0v) is 16.7. The van der Waals surface area contributed by atoms with Crippen LogP contribution < -0.4 is 4.90 Å². The zero-order chi connectivity index (χ0) is 21.4. The third-order valence-corrected chi connectivity index (χ3v) is 5.80. The number of amides is 1. The Morgan fingerprint density at radius 3 is 2.26 bits per heavy atom. The number of fused-ring (bicyclic) bond motifs is 1. The molecule has 0 spiro atoms. The highest BCUT2D eigenvalue weighted by Gasteiger charge is 2.31. The average molecular weight is 425 g/mol. The van der Waals surface area contributed by atoms with Crippen LogP contribution in [0.1, 0.15) is 27.8 Å². The number of carbonyl (C=O) groups is 1. The molecular formula is C22H21F2N5O2. The minimum Gasteiger partial charge on any atom is -0.368 e. The first-order valence-corrected chi connectivity index (χ1v) is 10.2. The summed E-state index contributed by atoms with van der Waals surface area (Å²) in [5, 5.41) is 8.28. The van der Waals surface area contributed by atoms with Crippen LogP contribution in [0.25, 0.3) is 0 Å². The first kappa shape index (κ1) is 19.6. The van der Waals surface area contributed by atoms with E-state index in [2.05, 4.69) is 15.2 Å². The minimum atomic E-state index is -0.298. The van der Waals surface area contributed by atoms with E-state index in [4.69, 9.17) is 4.74 Å². The summed E-state index contributed by atoms with van der Waals surface area (Å²) in [5.41, 5.74) is 2.76. The molecule has 2 aromatic carbocycles. The van der Waals surface area contributed by atoms with Crippen LogP contribution in [0.5, 0.6) is 0 Å². The standard InChI is InChI=1S/C22H21F2N5O2/c23-16-3-1-15(2-4-16)20-13-29-19(14-31-20)21(25-26-29)22(30)28-11-9-27(10-12-28)18-7-5-17(24)6-8-18/h1-8,20H,9-14H2/t20-/m0/s1. The fourth-order valence-electron chi connectivity index (χ4n) is 4.03. The van der Waals surface area contributed by atoms with Crippen LogP contribution in [-0.2, 0) is 17.9 Å². The van der Waals surface area contributed by atoms with Gasteiger partial charge in [-0.3, -0.25) is 4.79 Å². The summed E-state index contributed by atoms with van der Waals surface area (Å²) in [7, 11) is 0.